The van der Waals surface area contributed by atoms with Crippen LogP contribution in [0.5, 0.6) is 0 Å². The number of hydrogen-bond donors (Lipinski definition) is 1. The smallest absolute Gasteiger partial charge is 0.254 e. The van der Waals surface area contributed by atoms with E-state index in [4.69, 9.17) is 22.1 Å². The minimum absolute atomic E-state index is 0.526. The number of nitrogens with two attached hydrogens (primary N) is 1. The third kappa shape index (κ3) is 1.89. The van der Waals surface area contributed by atoms with Crippen molar-refractivity contribution >= 4 is 17.5 Å². The highest BCUT2D eigenvalue weighted by Crippen LogP contribution is 2.25. The topological polar surface area (TPSA) is 52.3 Å². The molecule has 1 rings (SSSR count). The summed E-state index contributed by atoms with van der Waals surface area (Å²) >= 11 is 5.73. The lowest BCUT2D eigenvalue weighted by atomic mass is 9.95. The summed E-state index contributed by atoms with van der Waals surface area (Å²) in [4.78, 5) is 11.2. The van der Waals surface area contributed by atoms with Crippen molar-refractivity contribution in [2.45, 2.75) is 12.5 Å². The van der Waals surface area contributed by atoms with Crippen LogP contribution in [-0.2, 0) is 15.1 Å². The largest absolute Gasteiger partial charge is 0.367 e. The molecule has 4 heteroatoms. The fraction of sp³-hybridized carbons (Fsp3) is 0.300. The Hall–Kier alpha value is -1.06. The summed E-state index contributed by atoms with van der Waals surface area (Å²) in [6, 6.07) is 6.82. The molecule has 1 aromatic rings. The molecule has 0 radical (unpaired) electrons. The molecule has 14 heavy (non-hydrogen) atoms. The van der Waals surface area contributed by atoms with Crippen LogP contribution in [0.3, 0.4) is 0 Å². The van der Waals surface area contributed by atoms with Gasteiger partial charge in [-0.25, -0.2) is 0 Å². The third-order valence-corrected chi connectivity index (χ3v) is 2.53. The summed E-state index contributed by atoms with van der Waals surface area (Å²) in [6.07, 6.45) is 0. The van der Waals surface area contributed by atoms with Crippen LogP contribution in [0.1, 0.15) is 12.5 Å². The molecule has 1 atom stereocenters. The van der Waals surface area contributed by atoms with Crippen LogP contribution < -0.4 is 5.73 Å². The molecule has 1 unspecified atom stereocenters. The number of ether oxygens (including phenoxy) is 1. The maximum absolute atomic E-state index is 11.2. The molecule has 1 aromatic carbocycles. The molecule has 0 saturated carbocycles. The highest BCUT2D eigenvalue weighted by molar-refractivity contribution is 6.30. The van der Waals surface area contributed by atoms with Gasteiger partial charge in [0.05, 0.1) is 0 Å². The lowest BCUT2D eigenvalue weighted by molar-refractivity contribution is -0.139. The van der Waals surface area contributed by atoms with Crippen molar-refractivity contribution in [1.29, 1.82) is 0 Å². The third-order valence-electron chi connectivity index (χ3n) is 2.27. The number of primary amides is 1. The van der Waals surface area contributed by atoms with Crippen LogP contribution >= 0.6 is 11.6 Å². The van der Waals surface area contributed by atoms with E-state index in [1.165, 1.54) is 7.11 Å². The van der Waals surface area contributed by atoms with Gasteiger partial charge in [0, 0.05) is 12.1 Å². The highest BCUT2D eigenvalue weighted by Gasteiger charge is 2.32. The van der Waals surface area contributed by atoms with E-state index in [-0.39, 0.29) is 0 Å². The fourth-order valence-corrected chi connectivity index (χ4v) is 1.25. The molecular formula is C10H12ClNO2. The summed E-state index contributed by atoms with van der Waals surface area (Å²) in [6.45, 7) is 1.62. The Morgan fingerprint density at radius 3 is 2.29 bits per heavy atom. The van der Waals surface area contributed by atoms with Crippen LogP contribution in [0.4, 0.5) is 0 Å². The molecule has 0 saturated heterocycles. The maximum Gasteiger partial charge on any atom is 0.254 e. The van der Waals surface area contributed by atoms with Gasteiger partial charge in [-0.3, -0.25) is 4.79 Å². The molecule has 2 N–H and O–H groups in total. The zero-order chi connectivity index (χ0) is 10.8. The second kappa shape index (κ2) is 3.98. The Balaban J connectivity index is 3.13. The number of carbonyl (C=O) groups is 1. The van der Waals surface area contributed by atoms with Gasteiger partial charge in [-0.05, 0) is 24.6 Å². The monoisotopic (exact) mass is 213 g/mol. The van der Waals surface area contributed by atoms with Gasteiger partial charge in [-0.15, -0.1) is 0 Å². The Morgan fingerprint density at radius 1 is 1.43 bits per heavy atom. The molecule has 0 bridgehead atoms. The van der Waals surface area contributed by atoms with Gasteiger partial charge < -0.3 is 10.5 Å². The van der Waals surface area contributed by atoms with Crippen molar-refractivity contribution in [3.63, 3.8) is 0 Å². The molecule has 0 aliphatic heterocycles. The molecule has 0 aromatic heterocycles. The van der Waals surface area contributed by atoms with Crippen molar-refractivity contribution in [2.75, 3.05) is 7.11 Å². The molecule has 0 spiro atoms. The van der Waals surface area contributed by atoms with Crippen LogP contribution in [0.25, 0.3) is 0 Å². The first kappa shape index (κ1) is 11.0. The van der Waals surface area contributed by atoms with Crippen molar-refractivity contribution < 1.29 is 9.53 Å². The highest BCUT2D eigenvalue weighted by atomic mass is 35.5. The van der Waals surface area contributed by atoms with Crippen molar-refractivity contribution in [3.8, 4) is 0 Å². The van der Waals surface area contributed by atoms with Crippen LogP contribution in [0, 0.1) is 0 Å². The van der Waals surface area contributed by atoms with E-state index >= 15 is 0 Å². The van der Waals surface area contributed by atoms with Gasteiger partial charge in [0.25, 0.3) is 5.91 Å². The second-order valence-corrected chi connectivity index (χ2v) is 3.54. The van der Waals surface area contributed by atoms with Gasteiger partial charge in [0.2, 0.25) is 0 Å². The minimum atomic E-state index is -1.09. The zero-order valence-electron chi connectivity index (χ0n) is 8.08. The maximum atomic E-state index is 11.2. The minimum Gasteiger partial charge on any atom is -0.367 e. The van der Waals surface area contributed by atoms with E-state index in [9.17, 15) is 4.79 Å². The summed E-state index contributed by atoms with van der Waals surface area (Å²) in [5, 5.41) is 0.608. The first-order valence-electron chi connectivity index (χ1n) is 4.12. The average Bonchev–Trinajstić information content (AvgIpc) is 2.17. The predicted octanol–water partition coefficient (Wildman–Crippen LogP) is 1.69. The number of halogens is 1. The Bertz CT molecular complexity index is 336. The van der Waals surface area contributed by atoms with E-state index in [2.05, 4.69) is 0 Å². The lowest BCUT2D eigenvalue weighted by Gasteiger charge is -2.24. The quantitative estimate of drug-likeness (QED) is 0.831. The zero-order valence-corrected chi connectivity index (χ0v) is 8.84. The molecular weight excluding hydrogens is 202 g/mol. The van der Waals surface area contributed by atoms with Gasteiger partial charge in [-0.1, -0.05) is 23.7 Å². The Morgan fingerprint density at radius 2 is 1.93 bits per heavy atom. The average molecular weight is 214 g/mol. The van der Waals surface area contributed by atoms with Crippen LogP contribution in [0.2, 0.25) is 5.02 Å². The molecule has 0 fully saturated rings. The molecule has 0 aliphatic rings. The summed E-state index contributed by atoms with van der Waals surface area (Å²) < 4.78 is 5.11. The summed E-state index contributed by atoms with van der Waals surface area (Å²) in [5.41, 5.74) is 4.85. The molecule has 3 nitrogen and oxygen atoms in total. The van der Waals surface area contributed by atoms with Crippen LogP contribution in [-0.4, -0.2) is 13.0 Å². The van der Waals surface area contributed by atoms with Crippen molar-refractivity contribution in [1.82, 2.24) is 0 Å². The van der Waals surface area contributed by atoms with Crippen molar-refractivity contribution in [2.24, 2.45) is 5.73 Å². The van der Waals surface area contributed by atoms with Gasteiger partial charge in [0.15, 0.2) is 5.60 Å². The number of methoxy groups -OCH3 is 1. The van der Waals surface area contributed by atoms with E-state index in [0.29, 0.717) is 10.6 Å². The normalized spacial score (nSPS) is 14.8. The van der Waals surface area contributed by atoms with E-state index in [0.717, 1.165) is 0 Å². The first-order valence-corrected chi connectivity index (χ1v) is 4.49. The lowest BCUT2D eigenvalue weighted by Crippen LogP contribution is -2.40. The van der Waals surface area contributed by atoms with E-state index in [1.54, 1.807) is 31.2 Å². The summed E-state index contributed by atoms with van der Waals surface area (Å²) in [5.74, 6) is -0.526. The number of carbonyl (C=O) groups excluding carboxylic acids is 1. The molecule has 1 amide bonds. The Kier molecular flexibility index (Phi) is 3.13. The number of amides is 1. The van der Waals surface area contributed by atoms with Gasteiger partial charge in [-0.2, -0.15) is 0 Å². The number of benzene rings is 1. The first-order chi connectivity index (χ1) is 6.50. The summed E-state index contributed by atoms with van der Waals surface area (Å²) in [7, 11) is 1.44. The van der Waals surface area contributed by atoms with E-state index in [1.807, 2.05) is 0 Å². The number of rotatable bonds is 3. The molecule has 0 heterocycles. The van der Waals surface area contributed by atoms with Gasteiger partial charge in [0.1, 0.15) is 0 Å². The predicted molar refractivity (Wildman–Crippen MR) is 55.0 cm³/mol. The van der Waals surface area contributed by atoms with Crippen molar-refractivity contribution in [3.05, 3.63) is 34.9 Å². The van der Waals surface area contributed by atoms with Gasteiger partial charge >= 0.3 is 0 Å². The standard InChI is InChI=1S/C10H12ClNO2/c1-10(14-2,9(12)13)7-3-5-8(11)6-4-7/h3-6H,1-2H3,(H2,12,13). The fourth-order valence-electron chi connectivity index (χ4n) is 1.13. The van der Waals surface area contributed by atoms with E-state index < -0.39 is 11.5 Å². The van der Waals surface area contributed by atoms with Crippen LogP contribution in [0.15, 0.2) is 24.3 Å². The number of hydrogen-bond acceptors (Lipinski definition) is 2. The SMILES string of the molecule is COC(C)(C(N)=O)c1ccc(Cl)cc1. The Labute approximate surface area is 87.8 Å². The molecule has 0 aliphatic carbocycles. The second-order valence-electron chi connectivity index (χ2n) is 3.11. The molecule has 76 valence electrons.